The van der Waals surface area contributed by atoms with Crippen LogP contribution >= 0.6 is 0 Å². The number of aliphatic carboxylic acids is 1. The van der Waals surface area contributed by atoms with E-state index in [1.807, 2.05) is 27.7 Å². The van der Waals surface area contributed by atoms with Crippen LogP contribution in [0.3, 0.4) is 0 Å². The van der Waals surface area contributed by atoms with E-state index in [-0.39, 0.29) is 29.8 Å². The van der Waals surface area contributed by atoms with Gasteiger partial charge in [-0.3, -0.25) is 9.59 Å². The van der Waals surface area contributed by atoms with Gasteiger partial charge in [0.1, 0.15) is 24.4 Å². The van der Waals surface area contributed by atoms with Crippen LogP contribution in [0, 0.1) is 11.8 Å². The first-order valence-electron chi connectivity index (χ1n) is 14.8. The maximum Gasteiger partial charge on any atom is 0.514 e. The Kier molecular flexibility index (Phi) is 15.9. The van der Waals surface area contributed by atoms with E-state index >= 15 is 0 Å². The quantitative estimate of drug-likeness (QED) is 0.113. The van der Waals surface area contributed by atoms with Crippen LogP contribution in [-0.4, -0.2) is 53.7 Å². The second kappa shape index (κ2) is 18.3. The molecule has 0 aliphatic carbocycles. The van der Waals surface area contributed by atoms with Crippen molar-refractivity contribution in [2.45, 2.75) is 124 Å². The summed E-state index contributed by atoms with van der Waals surface area (Å²) >= 11 is 0. The number of hydrogen-bond acceptors (Lipinski definition) is 10. The second-order valence-electron chi connectivity index (χ2n) is 11.0. The van der Waals surface area contributed by atoms with Crippen molar-refractivity contribution in [3.05, 3.63) is 23.8 Å². The van der Waals surface area contributed by atoms with E-state index in [0.717, 1.165) is 19.3 Å². The smallest absolute Gasteiger partial charge is 0.480 e. The van der Waals surface area contributed by atoms with Crippen LogP contribution in [0.15, 0.2) is 18.2 Å². The van der Waals surface area contributed by atoms with Gasteiger partial charge >= 0.3 is 24.2 Å². The highest BCUT2D eigenvalue weighted by atomic mass is 16.7. The molecule has 0 heterocycles. The summed E-state index contributed by atoms with van der Waals surface area (Å²) in [7, 11) is 0. The fourth-order valence-corrected chi connectivity index (χ4v) is 4.46. The van der Waals surface area contributed by atoms with Gasteiger partial charge in [-0.15, -0.1) is 0 Å². The SMILES string of the molecule is CCCC(C)OC(=O)Oc1ccc(C(C(C)C(C)OC(=O)CC(C)CC)[C@H](N)C(=O)O)cc1OC(=O)OC(C)CCC. The van der Waals surface area contributed by atoms with Crippen LogP contribution in [0.2, 0.25) is 0 Å². The molecular formula is C31H49NO10. The third kappa shape index (κ3) is 12.3. The van der Waals surface area contributed by atoms with Crippen molar-refractivity contribution in [1.82, 2.24) is 0 Å². The van der Waals surface area contributed by atoms with E-state index in [0.29, 0.717) is 18.4 Å². The third-order valence-electron chi connectivity index (χ3n) is 7.23. The van der Waals surface area contributed by atoms with Crippen LogP contribution in [-0.2, 0) is 23.8 Å². The molecule has 0 bridgehead atoms. The first kappa shape index (κ1) is 36.7. The van der Waals surface area contributed by atoms with Crippen molar-refractivity contribution >= 4 is 24.2 Å². The molecule has 0 aliphatic heterocycles. The second-order valence-corrected chi connectivity index (χ2v) is 11.0. The lowest BCUT2D eigenvalue weighted by Gasteiger charge is -2.32. The van der Waals surface area contributed by atoms with E-state index in [9.17, 15) is 24.3 Å². The van der Waals surface area contributed by atoms with Crippen molar-refractivity contribution in [2.24, 2.45) is 17.6 Å². The number of carboxylic acid groups (broad SMARTS) is 1. The molecule has 3 N–H and O–H groups in total. The molecule has 238 valence electrons. The highest BCUT2D eigenvalue weighted by molar-refractivity contribution is 5.75. The molecule has 1 aromatic carbocycles. The van der Waals surface area contributed by atoms with Crippen LogP contribution in [0.5, 0.6) is 11.5 Å². The predicted molar refractivity (Wildman–Crippen MR) is 157 cm³/mol. The van der Waals surface area contributed by atoms with Crippen LogP contribution in [0.1, 0.15) is 105 Å². The van der Waals surface area contributed by atoms with Gasteiger partial charge < -0.3 is 34.5 Å². The normalized spacial score (nSPS) is 16.1. The molecule has 0 saturated carbocycles. The summed E-state index contributed by atoms with van der Waals surface area (Å²) in [5.41, 5.74) is 6.51. The lowest BCUT2D eigenvalue weighted by atomic mass is 9.79. The number of carboxylic acids is 1. The Morgan fingerprint density at radius 2 is 1.33 bits per heavy atom. The fourth-order valence-electron chi connectivity index (χ4n) is 4.46. The van der Waals surface area contributed by atoms with Gasteiger partial charge in [0.25, 0.3) is 0 Å². The van der Waals surface area contributed by atoms with E-state index < -0.39 is 54.5 Å². The summed E-state index contributed by atoms with van der Waals surface area (Å²) in [5.74, 6) is -3.27. The largest absolute Gasteiger partial charge is 0.514 e. The highest BCUT2D eigenvalue weighted by Gasteiger charge is 2.36. The Morgan fingerprint density at radius 1 is 0.810 bits per heavy atom. The summed E-state index contributed by atoms with van der Waals surface area (Å²) in [6.45, 7) is 14.7. The molecule has 6 unspecified atom stereocenters. The molecule has 0 radical (unpaired) electrons. The molecule has 0 saturated heterocycles. The zero-order chi connectivity index (χ0) is 32.0. The van der Waals surface area contributed by atoms with Gasteiger partial charge in [0.15, 0.2) is 11.5 Å². The first-order chi connectivity index (χ1) is 19.7. The molecule has 0 fully saturated rings. The minimum Gasteiger partial charge on any atom is -0.480 e. The molecule has 0 aliphatic rings. The minimum atomic E-state index is -1.40. The topological polar surface area (TPSA) is 161 Å². The molecule has 11 heteroatoms. The summed E-state index contributed by atoms with van der Waals surface area (Å²) < 4.78 is 27.0. The van der Waals surface area contributed by atoms with Crippen LogP contribution in [0.4, 0.5) is 9.59 Å². The Morgan fingerprint density at radius 3 is 1.81 bits per heavy atom. The van der Waals surface area contributed by atoms with Crippen molar-refractivity contribution < 1.29 is 48.0 Å². The lowest BCUT2D eigenvalue weighted by molar-refractivity contribution is -0.152. The molecule has 1 aromatic rings. The molecule has 42 heavy (non-hydrogen) atoms. The summed E-state index contributed by atoms with van der Waals surface area (Å²) in [6, 6.07) is 2.87. The van der Waals surface area contributed by atoms with Crippen LogP contribution < -0.4 is 15.2 Å². The predicted octanol–water partition coefficient (Wildman–Crippen LogP) is 6.59. The highest BCUT2D eigenvalue weighted by Crippen LogP contribution is 2.37. The number of benzene rings is 1. The summed E-state index contributed by atoms with van der Waals surface area (Å²) in [4.78, 5) is 49.6. The molecule has 7 atom stereocenters. The number of carbonyl (C=O) groups is 4. The Hall–Kier alpha value is -3.34. The van der Waals surface area contributed by atoms with Gasteiger partial charge in [0.05, 0.1) is 0 Å². The van der Waals surface area contributed by atoms with Crippen molar-refractivity contribution in [1.29, 1.82) is 0 Å². The number of ether oxygens (including phenoxy) is 5. The number of nitrogens with two attached hydrogens (primary N) is 1. The van der Waals surface area contributed by atoms with Crippen molar-refractivity contribution in [3.63, 3.8) is 0 Å². The van der Waals surface area contributed by atoms with Gasteiger partial charge in [-0.05, 0) is 57.2 Å². The Balaban J connectivity index is 3.42. The third-order valence-corrected chi connectivity index (χ3v) is 7.23. The van der Waals surface area contributed by atoms with Gasteiger partial charge in [0, 0.05) is 18.3 Å². The van der Waals surface area contributed by atoms with Gasteiger partial charge in [-0.1, -0.05) is 59.9 Å². The number of esters is 1. The molecule has 0 aromatic heterocycles. The molecule has 11 nitrogen and oxygen atoms in total. The summed E-state index contributed by atoms with van der Waals surface area (Å²) in [6.07, 6.45) is 0.357. The van der Waals surface area contributed by atoms with E-state index in [1.165, 1.54) is 18.2 Å². The molecule has 0 amide bonds. The molecular weight excluding hydrogens is 546 g/mol. The first-order valence-corrected chi connectivity index (χ1v) is 14.8. The Bertz CT molecular complexity index is 1030. The summed E-state index contributed by atoms with van der Waals surface area (Å²) in [5, 5.41) is 9.82. The van der Waals surface area contributed by atoms with Crippen molar-refractivity contribution in [2.75, 3.05) is 0 Å². The van der Waals surface area contributed by atoms with Gasteiger partial charge in [-0.2, -0.15) is 0 Å². The maximum absolute atomic E-state index is 12.6. The zero-order valence-electron chi connectivity index (χ0n) is 26.2. The fraction of sp³-hybridized carbons (Fsp3) is 0.677. The average Bonchev–Trinajstić information content (AvgIpc) is 2.89. The van der Waals surface area contributed by atoms with Gasteiger partial charge in [-0.25, -0.2) is 9.59 Å². The number of rotatable bonds is 17. The minimum absolute atomic E-state index is 0.129. The number of hydrogen-bond donors (Lipinski definition) is 2. The monoisotopic (exact) mass is 595 g/mol. The van der Waals surface area contributed by atoms with Crippen molar-refractivity contribution in [3.8, 4) is 11.5 Å². The zero-order valence-corrected chi connectivity index (χ0v) is 26.2. The van der Waals surface area contributed by atoms with E-state index in [2.05, 4.69) is 0 Å². The van der Waals surface area contributed by atoms with Gasteiger partial charge in [0.2, 0.25) is 0 Å². The average molecular weight is 596 g/mol. The lowest BCUT2D eigenvalue weighted by Crippen LogP contribution is -2.42. The van der Waals surface area contributed by atoms with E-state index in [1.54, 1.807) is 27.7 Å². The maximum atomic E-state index is 12.6. The number of carbonyl (C=O) groups excluding carboxylic acids is 3. The Labute approximate surface area is 249 Å². The van der Waals surface area contributed by atoms with E-state index in [4.69, 9.17) is 29.4 Å². The molecule has 0 spiro atoms. The molecule has 1 rings (SSSR count). The standard InChI is InChI=1S/C31H49NO10/c1-9-12-19(5)38-30(36)41-24-15-14-23(17-25(24)42-31(37)39-20(6)13-10-2)27(28(32)29(34)35)21(7)22(8)40-26(33)16-18(4)11-3/h14-15,17-22,27-28H,9-13,16,32H2,1-8H3,(H,34,35)/t18?,19?,20?,21?,22?,27?,28-/m0/s1. The van der Waals surface area contributed by atoms with Crippen LogP contribution in [0.25, 0.3) is 0 Å².